The molecule has 5 nitrogen and oxygen atoms in total. The van der Waals surface area contributed by atoms with E-state index in [-0.39, 0.29) is 5.69 Å². The Morgan fingerprint density at radius 1 is 1.11 bits per heavy atom. The smallest absolute Gasteiger partial charge is 0.269 e. The van der Waals surface area contributed by atoms with E-state index in [1.165, 1.54) is 23.3 Å². The van der Waals surface area contributed by atoms with Gasteiger partial charge in [-0.25, -0.2) is 0 Å². The number of rotatable bonds is 6. The highest BCUT2D eigenvalue weighted by Crippen LogP contribution is 2.27. The first kappa shape index (κ1) is 19.8. The topological polar surface area (TPSA) is 64.7 Å². The molecule has 0 spiro atoms. The molecule has 3 aromatic rings. The second kappa shape index (κ2) is 8.80. The van der Waals surface area contributed by atoms with Crippen LogP contribution in [0.2, 0.25) is 0 Å². The van der Waals surface area contributed by atoms with Gasteiger partial charge in [0.1, 0.15) is 12.4 Å². The van der Waals surface area contributed by atoms with Gasteiger partial charge in [0.25, 0.3) is 5.69 Å². The zero-order chi connectivity index (χ0) is 20.1. The number of aliphatic imine (C=N–C) groups is 1. The highest BCUT2D eigenvalue weighted by Gasteiger charge is 2.06. The van der Waals surface area contributed by atoms with Gasteiger partial charge in [0.2, 0.25) is 0 Å². The summed E-state index contributed by atoms with van der Waals surface area (Å²) in [6.45, 7) is 4.46. The maximum atomic E-state index is 10.7. The van der Waals surface area contributed by atoms with Crippen LogP contribution in [0.3, 0.4) is 0 Å². The molecule has 0 N–H and O–H groups in total. The van der Waals surface area contributed by atoms with Gasteiger partial charge in [0, 0.05) is 18.3 Å². The first-order chi connectivity index (χ1) is 13.4. The molecule has 0 saturated heterocycles. The van der Waals surface area contributed by atoms with Crippen LogP contribution in [0.15, 0.2) is 70.1 Å². The van der Waals surface area contributed by atoms with Crippen LogP contribution in [-0.4, -0.2) is 11.1 Å². The van der Waals surface area contributed by atoms with Crippen LogP contribution in [0.25, 0.3) is 0 Å². The van der Waals surface area contributed by atoms with E-state index in [4.69, 9.17) is 4.74 Å². The standard InChI is InChI=1S/C22H19BrN2O3/c1-15-4-3-5-21(16(15)2)24-13-18-8-11-22(20(23)12-18)28-14-17-6-9-19(10-7-17)25(26)27/h3-13H,14H2,1-2H3. The third kappa shape index (κ3) is 4.84. The molecule has 0 heterocycles. The van der Waals surface area contributed by atoms with E-state index in [1.54, 1.807) is 12.1 Å². The van der Waals surface area contributed by atoms with Gasteiger partial charge in [0.05, 0.1) is 15.1 Å². The van der Waals surface area contributed by atoms with Crippen LogP contribution < -0.4 is 4.74 Å². The lowest BCUT2D eigenvalue weighted by atomic mass is 10.1. The van der Waals surface area contributed by atoms with E-state index in [1.807, 2.05) is 36.5 Å². The quantitative estimate of drug-likeness (QED) is 0.257. The molecule has 0 aromatic heterocycles. The summed E-state index contributed by atoms with van der Waals surface area (Å²) >= 11 is 3.53. The predicted octanol–water partition coefficient (Wildman–Crippen LogP) is 6.30. The van der Waals surface area contributed by atoms with Crippen LogP contribution in [0, 0.1) is 24.0 Å². The molecule has 0 saturated carbocycles. The fourth-order valence-electron chi connectivity index (χ4n) is 2.61. The second-order valence-corrected chi connectivity index (χ2v) is 7.23. The van der Waals surface area contributed by atoms with E-state index >= 15 is 0 Å². The van der Waals surface area contributed by atoms with Crippen molar-refractivity contribution in [3.8, 4) is 5.75 Å². The molecule has 0 amide bonds. The summed E-state index contributed by atoms with van der Waals surface area (Å²) < 4.78 is 6.63. The van der Waals surface area contributed by atoms with Gasteiger partial charge < -0.3 is 4.74 Å². The maximum Gasteiger partial charge on any atom is 0.269 e. The van der Waals surface area contributed by atoms with E-state index in [2.05, 4.69) is 40.8 Å². The molecule has 0 atom stereocenters. The average molecular weight is 439 g/mol. The molecule has 0 aliphatic rings. The molecule has 0 bridgehead atoms. The SMILES string of the molecule is Cc1cccc(N=Cc2ccc(OCc3ccc([N+](=O)[O-])cc3)c(Br)c2)c1C. The number of non-ortho nitro benzene ring substituents is 1. The maximum absolute atomic E-state index is 10.7. The number of benzene rings is 3. The number of hydrogen-bond donors (Lipinski definition) is 0. The van der Waals surface area contributed by atoms with Gasteiger partial charge in [0.15, 0.2) is 0 Å². The normalized spacial score (nSPS) is 11.0. The summed E-state index contributed by atoms with van der Waals surface area (Å²) in [5, 5.41) is 10.7. The van der Waals surface area contributed by atoms with Crippen molar-refractivity contribution in [2.45, 2.75) is 20.5 Å². The fourth-order valence-corrected chi connectivity index (χ4v) is 3.12. The molecule has 142 valence electrons. The van der Waals surface area contributed by atoms with Gasteiger partial charge in [-0.3, -0.25) is 15.1 Å². The van der Waals surface area contributed by atoms with Crippen molar-refractivity contribution in [1.82, 2.24) is 0 Å². The Kier molecular flexibility index (Phi) is 6.21. The molecular formula is C22H19BrN2O3. The number of hydrogen-bond acceptors (Lipinski definition) is 4. The molecule has 3 aromatic carbocycles. The van der Waals surface area contributed by atoms with E-state index < -0.39 is 4.92 Å². The lowest BCUT2D eigenvalue weighted by Crippen LogP contribution is -1.97. The first-order valence-corrected chi connectivity index (χ1v) is 9.49. The van der Waals surface area contributed by atoms with Crippen molar-refractivity contribution in [1.29, 1.82) is 0 Å². The Bertz CT molecular complexity index is 1030. The van der Waals surface area contributed by atoms with Crippen molar-refractivity contribution in [3.05, 3.63) is 97.5 Å². The highest BCUT2D eigenvalue weighted by atomic mass is 79.9. The Morgan fingerprint density at radius 3 is 2.54 bits per heavy atom. The summed E-state index contributed by atoms with van der Waals surface area (Å²) in [7, 11) is 0. The predicted molar refractivity (Wildman–Crippen MR) is 115 cm³/mol. The van der Waals surface area contributed by atoms with Crippen LogP contribution in [0.4, 0.5) is 11.4 Å². The minimum Gasteiger partial charge on any atom is -0.488 e. The Labute approximate surface area is 172 Å². The molecule has 28 heavy (non-hydrogen) atoms. The summed E-state index contributed by atoms with van der Waals surface area (Å²) in [4.78, 5) is 14.9. The largest absolute Gasteiger partial charge is 0.488 e. The van der Waals surface area contributed by atoms with Gasteiger partial charge in [-0.05, 0) is 88.4 Å². The average Bonchev–Trinajstić information content (AvgIpc) is 2.68. The van der Waals surface area contributed by atoms with Crippen molar-refractivity contribution < 1.29 is 9.66 Å². The highest BCUT2D eigenvalue weighted by molar-refractivity contribution is 9.10. The number of nitro groups is 1. The van der Waals surface area contributed by atoms with E-state index in [0.29, 0.717) is 12.4 Å². The fraction of sp³-hybridized carbons (Fsp3) is 0.136. The van der Waals surface area contributed by atoms with Crippen LogP contribution in [-0.2, 0) is 6.61 Å². The lowest BCUT2D eigenvalue weighted by molar-refractivity contribution is -0.384. The molecule has 0 radical (unpaired) electrons. The summed E-state index contributed by atoms with van der Waals surface area (Å²) in [5.41, 5.74) is 5.22. The van der Waals surface area contributed by atoms with Crippen LogP contribution in [0.1, 0.15) is 22.3 Å². The molecule has 0 unspecified atom stereocenters. The Hall–Kier alpha value is -2.99. The minimum absolute atomic E-state index is 0.0671. The monoisotopic (exact) mass is 438 g/mol. The number of aryl methyl sites for hydroxylation is 1. The number of nitrogens with zero attached hydrogens (tertiary/aromatic N) is 2. The third-order valence-electron chi connectivity index (χ3n) is 4.43. The summed E-state index contributed by atoms with van der Waals surface area (Å²) in [6, 6.07) is 18.2. The zero-order valence-electron chi connectivity index (χ0n) is 15.6. The first-order valence-electron chi connectivity index (χ1n) is 8.70. The third-order valence-corrected chi connectivity index (χ3v) is 5.05. The van der Waals surface area contributed by atoms with Gasteiger partial charge >= 0.3 is 0 Å². The molecule has 0 aliphatic carbocycles. The minimum atomic E-state index is -0.417. The van der Waals surface area contributed by atoms with Crippen LogP contribution in [0.5, 0.6) is 5.75 Å². The molecule has 0 fully saturated rings. The number of halogens is 1. The molecule has 0 aliphatic heterocycles. The second-order valence-electron chi connectivity index (χ2n) is 6.38. The summed E-state index contributed by atoms with van der Waals surface area (Å²) in [6.07, 6.45) is 1.83. The van der Waals surface area contributed by atoms with Gasteiger partial charge in [-0.15, -0.1) is 0 Å². The van der Waals surface area contributed by atoms with Crippen LogP contribution >= 0.6 is 15.9 Å². The summed E-state index contributed by atoms with van der Waals surface area (Å²) in [5.74, 6) is 0.697. The van der Waals surface area contributed by atoms with Crippen molar-refractivity contribution in [3.63, 3.8) is 0 Å². The van der Waals surface area contributed by atoms with Crippen molar-refractivity contribution >= 4 is 33.5 Å². The lowest BCUT2D eigenvalue weighted by Gasteiger charge is -2.09. The number of nitro benzene ring substituents is 1. The van der Waals surface area contributed by atoms with Gasteiger partial charge in [-0.1, -0.05) is 12.1 Å². The number of ether oxygens (including phenoxy) is 1. The van der Waals surface area contributed by atoms with E-state index in [9.17, 15) is 10.1 Å². The van der Waals surface area contributed by atoms with Gasteiger partial charge in [-0.2, -0.15) is 0 Å². The molecular weight excluding hydrogens is 420 g/mol. The zero-order valence-corrected chi connectivity index (χ0v) is 17.1. The molecule has 6 heteroatoms. The van der Waals surface area contributed by atoms with Crippen molar-refractivity contribution in [2.24, 2.45) is 4.99 Å². The molecule has 3 rings (SSSR count). The Balaban J connectivity index is 1.67. The van der Waals surface area contributed by atoms with E-state index in [0.717, 1.165) is 21.3 Å². The van der Waals surface area contributed by atoms with Crippen molar-refractivity contribution in [2.75, 3.05) is 0 Å². The Morgan fingerprint density at radius 2 is 1.86 bits per heavy atom.